The van der Waals surface area contributed by atoms with Crippen LogP contribution in [0.15, 0.2) is 73.3 Å². The standard InChI is InChI=1S/C24H34O4Si/c1-5-17-27-23(22(26)19-25)16-18-28-29(24(2,3)4,20-12-8-6-9-13-20)21-14-10-7-11-15-21/h5-15,22-23,25-26H,1,16-19H2,2-4H3/t22-,23+/m0/s1. The first-order valence-electron chi connectivity index (χ1n) is 10.1. The zero-order valence-electron chi connectivity index (χ0n) is 17.8. The second-order valence-electron chi connectivity index (χ2n) is 8.21. The SMILES string of the molecule is C=CCO[C@H](CCO[Si](c1ccccc1)(c1ccccc1)C(C)(C)C)[C@@H](O)CO. The summed E-state index contributed by atoms with van der Waals surface area (Å²) in [5.41, 5.74) is 0. The molecule has 2 rings (SSSR count). The molecule has 2 aromatic rings. The molecule has 29 heavy (non-hydrogen) atoms. The van der Waals surface area contributed by atoms with Gasteiger partial charge in [0.2, 0.25) is 0 Å². The molecule has 0 aliphatic heterocycles. The van der Waals surface area contributed by atoms with Crippen molar-refractivity contribution in [1.29, 1.82) is 0 Å². The summed E-state index contributed by atoms with van der Waals surface area (Å²) in [6.45, 7) is 10.7. The van der Waals surface area contributed by atoms with Crippen LogP contribution in [0.3, 0.4) is 0 Å². The first-order valence-corrected chi connectivity index (χ1v) is 12.0. The number of benzene rings is 2. The van der Waals surface area contributed by atoms with Crippen molar-refractivity contribution < 1.29 is 19.4 Å². The molecule has 0 unspecified atom stereocenters. The van der Waals surface area contributed by atoms with Gasteiger partial charge in [-0.25, -0.2) is 0 Å². The van der Waals surface area contributed by atoms with Gasteiger partial charge in [-0.05, 0) is 21.8 Å². The summed E-state index contributed by atoms with van der Waals surface area (Å²) in [5.74, 6) is 0. The summed E-state index contributed by atoms with van der Waals surface area (Å²) in [5, 5.41) is 21.8. The van der Waals surface area contributed by atoms with E-state index < -0.39 is 20.5 Å². The third kappa shape index (κ3) is 5.65. The second kappa shape index (κ2) is 10.9. The number of aliphatic hydroxyl groups excluding tert-OH is 2. The first-order chi connectivity index (χ1) is 13.9. The zero-order valence-corrected chi connectivity index (χ0v) is 18.8. The Kier molecular flexibility index (Phi) is 8.80. The van der Waals surface area contributed by atoms with Gasteiger partial charge in [-0.2, -0.15) is 0 Å². The smallest absolute Gasteiger partial charge is 0.261 e. The second-order valence-corrected chi connectivity index (χ2v) is 12.5. The Morgan fingerprint density at radius 2 is 1.52 bits per heavy atom. The van der Waals surface area contributed by atoms with Crippen LogP contribution in [0.4, 0.5) is 0 Å². The monoisotopic (exact) mass is 414 g/mol. The molecule has 0 radical (unpaired) electrons. The molecule has 158 valence electrons. The van der Waals surface area contributed by atoms with Crippen molar-refractivity contribution in [3.63, 3.8) is 0 Å². The van der Waals surface area contributed by atoms with Crippen LogP contribution >= 0.6 is 0 Å². The average Bonchev–Trinajstić information content (AvgIpc) is 2.73. The van der Waals surface area contributed by atoms with Crippen LogP contribution in [0, 0.1) is 0 Å². The lowest BCUT2D eigenvalue weighted by Gasteiger charge is -2.43. The molecule has 2 aromatic carbocycles. The molecule has 0 spiro atoms. The van der Waals surface area contributed by atoms with Crippen molar-refractivity contribution >= 4 is 18.7 Å². The Bertz CT molecular complexity index is 688. The van der Waals surface area contributed by atoms with Crippen LogP contribution < -0.4 is 10.4 Å². The molecular formula is C24H34O4Si. The molecular weight excluding hydrogens is 380 g/mol. The fourth-order valence-electron chi connectivity index (χ4n) is 3.79. The highest BCUT2D eigenvalue weighted by Crippen LogP contribution is 2.36. The van der Waals surface area contributed by atoms with Crippen LogP contribution in [-0.2, 0) is 9.16 Å². The van der Waals surface area contributed by atoms with Gasteiger partial charge in [-0.3, -0.25) is 0 Å². The van der Waals surface area contributed by atoms with Crippen molar-refractivity contribution in [3.8, 4) is 0 Å². The largest absolute Gasteiger partial charge is 0.407 e. The molecule has 0 aromatic heterocycles. The molecule has 4 nitrogen and oxygen atoms in total. The van der Waals surface area contributed by atoms with E-state index in [-0.39, 0.29) is 11.6 Å². The normalized spacial score (nSPS) is 14.4. The van der Waals surface area contributed by atoms with Gasteiger partial charge in [-0.15, -0.1) is 6.58 Å². The first kappa shape index (κ1) is 23.5. The van der Waals surface area contributed by atoms with Gasteiger partial charge in [0.15, 0.2) is 0 Å². The molecule has 0 heterocycles. The number of rotatable bonds is 11. The van der Waals surface area contributed by atoms with Crippen molar-refractivity contribution in [2.75, 3.05) is 19.8 Å². The topological polar surface area (TPSA) is 58.9 Å². The number of ether oxygens (including phenoxy) is 1. The average molecular weight is 415 g/mol. The zero-order chi connectivity index (χ0) is 21.3. The lowest BCUT2D eigenvalue weighted by Crippen LogP contribution is -2.66. The fraction of sp³-hybridized carbons (Fsp3) is 0.417. The maximum atomic E-state index is 10.1. The minimum absolute atomic E-state index is 0.108. The van der Waals surface area contributed by atoms with Crippen LogP contribution in [0.25, 0.3) is 0 Å². The molecule has 5 heteroatoms. The van der Waals surface area contributed by atoms with Gasteiger partial charge >= 0.3 is 0 Å². The highest BCUT2D eigenvalue weighted by molar-refractivity contribution is 6.99. The van der Waals surface area contributed by atoms with Gasteiger partial charge in [-0.1, -0.05) is 87.5 Å². The summed E-state index contributed by atoms with van der Waals surface area (Å²) in [4.78, 5) is 0. The summed E-state index contributed by atoms with van der Waals surface area (Å²) >= 11 is 0. The Labute approximate surface area is 175 Å². The van der Waals surface area contributed by atoms with Crippen molar-refractivity contribution in [1.82, 2.24) is 0 Å². The fourth-order valence-corrected chi connectivity index (χ4v) is 8.37. The van der Waals surface area contributed by atoms with E-state index in [0.29, 0.717) is 19.6 Å². The molecule has 2 atom stereocenters. The summed E-state index contributed by atoms with van der Waals surface area (Å²) < 4.78 is 12.5. The van der Waals surface area contributed by atoms with Crippen LogP contribution in [0.1, 0.15) is 27.2 Å². The summed E-state index contributed by atoms with van der Waals surface area (Å²) in [6, 6.07) is 20.9. The summed E-state index contributed by atoms with van der Waals surface area (Å²) in [7, 11) is -2.61. The molecule has 0 saturated heterocycles. The third-order valence-corrected chi connectivity index (χ3v) is 10.2. The minimum Gasteiger partial charge on any atom is -0.407 e. The molecule has 0 aliphatic rings. The van der Waals surface area contributed by atoms with E-state index in [2.05, 4.69) is 75.9 Å². The van der Waals surface area contributed by atoms with Crippen LogP contribution in [0.5, 0.6) is 0 Å². The van der Waals surface area contributed by atoms with Gasteiger partial charge in [0, 0.05) is 6.61 Å². The predicted octanol–water partition coefficient (Wildman–Crippen LogP) is 2.88. The Balaban J connectivity index is 2.37. The van der Waals surface area contributed by atoms with Crippen molar-refractivity contribution in [3.05, 3.63) is 73.3 Å². The van der Waals surface area contributed by atoms with E-state index >= 15 is 0 Å². The number of aliphatic hydroxyl groups is 2. The van der Waals surface area contributed by atoms with E-state index in [9.17, 15) is 10.2 Å². The van der Waals surface area contributed by atoms with E-state index in [1.54, 1.807) is 6.08 Å². The Morgan fingerprint density at radius 3 is 1.93 bits per heavy atom. The molecule has 0 amide bonds. The number of hydrogen-bond acceptors (Lipinski definition) is 4. The van der Waals surface area contributed by atoms with Crippen molar-refractivity contribution in [2.24, 2.45) is 0 Å². The Hall–Kier alpha value is -1.76. The van der Waals surface area contributed by atoms with E-state index in [0.717, 1.165) is 0 Å². The predicted molar refractivity (Wildman–Crippen MR) is 121 cm³/mol. The van der Waals surface area contributed by atoms with E-state index in [1.165, 1.54) is 10.4 Å². The highest BCUT2D eigenvalue weighted by Gasteiger charge is 2.50. The van der Waals surface area contributed by atoms with Gasteiger partial charge in [0.25, 0.3) is 8.32 Å². The van der Waals surface area contributed by atoms with E-state index in [4.69, 9.17) is 9.16 Å². The van der Waals surface area contributed by atoms with Crippen LogP contribution in [-0.4, -0.2) is 50.6 Å². The lowest BCUT2D eigenvalue weighted by atomic mass is 10.1. The quantitative estimate of drug-likeness (QED) is 0.438. The summed E-state index contributed by atoms with van der Waals surface area (Å²) in [6.07, 6.45) is 0.675. The Morgan fingerprint density at radius 1 is 1.00 bits per heavy atom. The van der Waals surface area contributed by atoms with Gasteiger partial charge in [0.05, 0.1) is 19.3 Å². The van der Waals surface area contributed by atoms with Crippen molar-refractivity contribution in [2.45, 2.75) is 44.4 Å². The maximum Gasteiger partial charge on any atom is 0.261 e. The highest BCUT2D eigenvalue weighted by atomic mass is 28.4. The maximum absolute atomic E-state index is 10.1. The van der Waals surface area contributed by atoms with Crippen LogP contribution in [0.2, 0.25) is 5.04 Å². The molecule has 2 N–H and O–H groups in total. The minimum atomic E-state index is -2.61. The third-order valence-electron chi connectivity index (χ3n) is 5.18. The molecule has 0 fully saturated rings. The molecule has 0 bridgehead atoms. The molecule has 0 aliphatic carbocycles. The van der Waals surface area contributed by atoms with Gasteiger partial charge in [0.1, 0.15) is 6.10 Å². The lowest BCUT2D eigenvalue weighted by molar-refractivity contribution is -0.0572. The number of hydrogen-bond donors (Lipinski definition) is 2. The van der Waals surface area contributed by atoms with Gasteiger partial charge < -0.3 is 19.4 Å². The van der Waals surface area contributed by atoms with E-state index in [1.807, 2.05) is 12.1 Å². The molecule has 0 saturated carbocycles.